The van der Waals surface area contributed by atoms with E-state index in [2.05, 4.69) is 10.4 Å². The quantitative estimate of drug-likeness (QED) is 0.554. The van der Waals surface area contributed by atoms with Crippen LogP contribution in [0.1, 0.15) is 70.8 Å². The summed E-state index contributed by atoms with van der Waals surface area (Å²) in [5, 5.41) is 17.3. The molecule has 1 saturated carbocycles. The van der Waals surface area contributed by atoms with Crippen molar-refractivity contribution in [2.24, 2.45) is 5.92 Å². The van der Waals surface area contributed by atoms with Gasteiger partial charge >= 0.3 is 0 Å². The number of benzene rings is 1. The molecule has 0 bridgehead atoms. The average Bonchev–Trinajstić information content (AvgIpc) is 3.37. The van der Waals surface area contributed by atoms with E-state index < -0.39 is 15.4 Å². The fourth-order valence-electron chi connectivity index (χ4n) is 4.39. The number of nitrogens with zero attached hydrogens (tertiary/aromatic N) is 2. The highest BCUT2D eigenvalue weighted by atomic mass is 32.2. The molecule has 1 aliphatic carbocycles. The first-order valence-electron chi connectivity index (χ1n) is 11.5. The van der Waals surface area contributed by atoms with Gasteiger partial charge < -0.3 is 10.4 Å². The van der Waals surface area contributed by atoms with Crippen LogP contribution in [0.5, 0.6) is 0 Å². The fraction of sp³-hybridized carbons (Fsp3) is 0.583. The summed E-state index contributed by atoms with van der Waals surface area (Å²) in [4.78, 5) is 13.6. The van der Waals surface area contributed by atoms with Crippen molar-refractivity contribution in [3.05, 3.63) is 42.1 Å². The Bertz CT molecular complexity index is 1000. The molecular weight excluding hydrogens is 426 g/mol. The van der Waals surface area contributed by atoms with E-state index in [-0.39, 0.29) is 17.6 Å². The van der Waals surface area contributed by atoms with E-state index in [1.165, 1.54) is 12.8 Å². The largest absolute Gasteiger partial charge is 0.389 e. The van der Waals surface area contributed by atoms with E-state index in [4.69, 9.17) is 0 Å². The molecule has 8 heteroatoms. The second-order valence-electron chi connectivity index (χ2n) is 9.53. The smallest absolute Gasteiger partial charge is 0.233 e. The molecule has 1 amide bonds. The van der Waals surface area contributed by atoms with Gasteiger partial charge in [-0.05, 0) is 50.3 Å². The van der Waals surface area contributed by atoms with Gasteiger partial charge in [-0.3, -0.25) is 9.48 Å². The zero-order valence-electron chi connectivity index (χ0n) is 19.3. The summed E-state index contributed by atoms with van der Waals surface area (Å²) >= 11 is 0. The number of carbonyl (C=O) groups excluding carboxylic acids is 1. The average molecular weight is 462 g/mol. The van der Waals surface area contributed by atoms with Gasteiger partial charge in [0.2, 0.25) is 5.91 Å². The van der Waals surface area contributed by atoms with Crippen LogP contribution in [0.25, 0.3) is 0 Å². The lowest BCUT2D eigenvalue weighted by molar-refractivity contribution is -0.118. The third-order valence-electron chi connectivity index (χ3n) is 5.92. The van der Waals surface area contributed by atoms with E-state index >= 15 is 0 Å². The number of aliphatic hydroxyl groups is 1. The van der Waals surface area contributed by atoms with Crippen LogP contribution in [0.3, 0.4) is 0 Å². The van der Waals surface area contributed by atoms with Crippen LogP contribution in [0.2, 0.25) is 0 Å². The molecule has 1 aromatic carbocycles. The molecule has 0 aliphatic heterocycles. The van der Waals surface area contributed by atoms with Crippen molar-refractivity contribution < 1.29 is 18.3 Å². The number of nitrogens with one attached hydrogen (secondary N) is 1. The van der Waals surface area contributed by atoms with Gasteiger partial charge in [0, 0.05) is 12.3 Å². The normalized spacial score (nSPS) is 16.2. The summed E-state index contributed by atoms with van der Waals surface area (Å²) in [5.41, 5.74) is -0.0844. The minimum atomic E-state index is -3.29. The first-order valence-corrected chi connectivity index (χ1v) is 13.1. The topological polar surface area (TPSA) is 101 Å². The molecule has 1 heterocycles. The van der Waals surface area contributed by atoms with E-state index in [0.717, 1.165) is 24.8 Å². The van der Waals surface area contributed by atoms with Crippen molar-refractivity contribution in [3.63, 3.8) is 0 Å². The van der Waals surface area contributed by atoms with Crippen molar-refractivity contribution in [3.8, 4) is 0 Å². The van der Waals surface area contributed by atoms with Crippen LogP contribution in [0.15, 0.2) is 41.4 Å². The molecule has 1 aromatic heterocycles. The zero-order valence-corrected chi connectivity index (χ0v) is 20.1. The predicted molar refractivity (Wildman–Crippen MR) is 125 cm³/mol. The molecule has 1 atom stereocenters. The number of carbonyl (C=O) groups is 1. The summed E-state index contributed by atoms with van der Waals surface area (Å²) in [6.45, 7) is 5.57. The van der Waals surface area contributed by atoms with Crippen LogP contribution >= 0.6 is 0 Å². The maximum atomic E-state index is 13.3. The third-order valence-corrected chi connectivity index (χ3v) is 7.85. The van der Waals surface area contributed by atoms with E-state index in [1.54, 1.807) is 55.1 Å². The number of hydrogen-bond donors (Lipinski definition) is 2. The standard InChI is InChI=1S/C24H35N3O4S/c1-4-15-32(30,31)20-11-9-19(10-12-20)21(16-18-7-5-6-8-18)23(28)25-22-13-14-27(26-22)17-24(2,3)29/h9-14,18,21,29H,4-8,15-17H2,1-3H3,(H,25,26,28)/t21-/m1/s1. The molecule has 32 heavy (non-hydrogen) atoms. The van der Waals surface area contributed by atoms with Crippen molar-refractivity contribution in [2.75, 3.05) is 11.1 Å². The van der Waals surface area contributed by atoms with Crippen molar-refractivity contribution in [2.45, 2.75) is 82.3 Å². The molecule has 7 nitrogen and oxygen atoms in total. The number of rotatable bonds is 10. The van der Waals surface area contributed by atoms with Crippen LogP contribution in [0, 0.1) is 5.92 Å². The second kappa shape index (κ2) is 10.2. The Morgan fingerprint density at radius 1 is 1.22 bits per heavy atom. The van der Waals surface area contributed by atoms with E-state index in [0.29, 0.717) is 29.6 Å². The Labute approximate surface area is 191 Å². The van der Waals surface area contributed by atoms with Gasteiger partial charge in [-0.2, -0.15) is 5.10 Å². The van der Waals surface area contributed by atoms with Gasteiger partial charge in [0.05, 0.1) is 28.7 Å². The summed E-state index contributed by atoms with van der Waals surface area (Å²) < 4.78 is 26.3. The third kappa shape index (κ3) is 6.65. The lowest BCUT2D eigenvalue weighted by Gasteiger charge is -2.20. The highest BCUT2D eigenvalue weighted by Gasteiger charge is 2.28. The molecule has 2 aromatic rings. The Balaban J connectivity index is 1.78. The number of hydrogen-bond acceptors (Lipinski definition) is 5. The lowest BCUT2D eigenvalue weighted by Crippen LogP contribution is -2.27. The van der Waals surface area contributed by atoms with Crippen LogP contribution in [-0.2, 0) is 21.2 Å². The van der Waals surface area contributed by atoms with Gasteiger partial charge in [0.15, 0.2) is 15.7 Å². The summed E-state index contributed by atoms with van der Waals surface area (Å²) in [7, 11) is -3.29. The summed E-state index contributed by atoms with van der Waals surface area (Å²) in [5.74, 6) is 0.529. The Hall–Kier alpha value is -2.19. The molecule has 2 N–H and O–H groups in total. The van der Waals surface area contributed by atoms with Gasteiger partial charge in [0.25, 0.3) is 0 Å². The fourth-order valence-corrected chi connectivity index (χ4v) is 5.72. The summed E-state index contributed by atoms with van der Waals surface area (Å²) in [6.07, 6.45) is 7.64. The molecule has 0 unspecified atom stereocenters. The maximum Gasteiger partial charge on any atom is 0.233 e. The molecule has 1 fully saturated rings. The highest BCUT2D eigenvalue weighted by molar-refractivity contribution is 7.91. The van der Waals surface area contributed by atoms with Crippen molar-refractivity contribution in [1.29, 1.82) is 0 Å². The van der Waals surface area contributed by atoms with Gasteiger partial charge in [-0.1, -0.05) is 44.7 Å². The monoisotopic (exact) mass is 461 g/mol. The minimum absolute atomic E-state index is 0.117. The second-order valence-corrected chi connectivity index (χ2v) is 11.6. The predicted octanol–water partition coefficient (Wildman–Crippen LogP) is 4.14. The van der Waals surface area contributed by atoms with Gasteiger partial charge in [-0.15, -0.1) is 0 Å². The van der Waals surface area contributed by atoms with Crippen molar-refractivity contribution in [1.82, 2.24) is 9.78 Å². The molecule has 0 spiro atoms. The maximum absolute atomic E-state index is 13.3. The Kier molecular flexibility index (Phi) is 7.77. The van der Waals surface area contributed by atoms with Crippen LogP contribution in [-0.4, -0.2) is 40.6 Å². The first-order chi connectivity index (χ1) is 15.1. The summed E-state index contributed by atoms with van der Waals surface area (Å²) in [6, 6.07) is 8.50. The van der Waals surface area contributed by atoms with E-state index in [9.17, 15) is 18.3 Å². The van der Waals surface area contributed by atoms with Crippen LogP contribution < -0.4 is 5.32 Å². The van der Waals surface area contributed by atoms with E-state index in [1.807, 2.05) is 6.92 Å². The number of anilines is 1. The molecule has 176 valence electrons. The number of sulfone groups is 1. The molecule has 1 aliphatic rings. The zero-order chi connectivity index (χ0) is 23.4. The van der Waals surface area contributed by atoms with Crippen molar-refractivity contribution >= 4 is 21.6 Å². The lowest BCUT2D eigenvalue weighted by atomic mass is 9.87. The molecular formula is C24H35N3O4S. The number of aromatic nitrogens is 2. The highest BCUT2D eigenvalue weighted by Crippen LogP contribution is 2.35. The molecule has 0 radical (unpaired) electrons. The molecule has 0 saturated heterocycles. The molecule has 3 rings (SSSR count). The van der Waals surface area contributed by atoms with Gasteiger partial charge in [-0.25, -0.2) is 8.42 Å². The Morgan fingerprint density at radius 3 is 2.47 bits per heavy atom. The Morgan fingerprint density at radius 2 is 1.88 bits per heavy atom. The van der Waals surface area contributed by atoms with Crippen LogP contribution in [0.4, 0.5) is 5.82 Å². The first kappa shape index (κ1) is 24.5. The number of amides is 1. The SMILES string of the molecule is CCCS(=O)(=O)c1ccc([C@@H](CC2CCCC2)C(=O)Nc2ccn(CC(C)(C)O)n2)cc1. The minimum Gasteiger partial charge on any atom is -0.389 e. The van der Waals surface area contributed by atoms with Gasteiger partial charge in [0.1, 0.15) is 0 Å².